The second-order valence-electron chi connectivity index (χ2n) is 4.50. The van der Waals surface area contributed by atoms with E-state index >= 15 is 0 Å². The molecule has 16 heavy (non-hydrogen) atoms. The second-order valence-corrected chi connectivity index (χ2v) is 4.50. The molecular weight excluding hydrogens is 200 g/mol. The fourth-order valence-electron chi connectivity index (χ4n) is 2.40. The maximum Gasteiger partial charge on any atom is 0.137 e. The van der Waals surface area contributed by atoms with Gasteiger partial charge < -0.3 is 10.6 Å². The highest BCUT2D eigenvalue weighted by atomic mass is 15.2. The van der Waals surface area contributed by atoms with Gasteiger partial charge in [0.1, 0.15) is 18.0 Å². The molecule has 2 heterocycles. The van der Waals surface area contributed by atoms with E-state index in [1.165, 1.54) is 12.8 Å². The number of hydrogen-bond acceptors (Lipinski definition) is 4. The van der Waals surface area contributed by atoms with Crippen molar-refractivity contribution in [2.75, 3.05) is 17.2 Å². The van der Waals surface area contributed by atoms with Gasteiger partial charge in [-0.15, -0.1) is 0 Å². The van der Waals surface area contributed by atoms with Crippen molar-refractivity contribution in [3.8, 4) is 0 Å². The zero-order valence-electron chi connectivity index (χ0n) is 10.1. The Hall–Kier alpha value is -1.32. The van der Waals surface area contributed by atoms with Crippen molar-refractivity contribution in [1.29, 1.82) is 0 Å². The van der Waals surface area contributed by atoms with Crippen LogP contribution in [0.3, 0.4) is 0 Å². The quantitative estimate of drug-likeness (QED) is 0.846. The molecule has 2 N–H and O–H groups in total. The van der Waals surface area contributed by atoms with Gasteiger partial charge >= 0.3 is 0 Å². The standard InChI is InChI=1S/C12H20N4/c1-3-5-10-11(13)14-8-15-12(10)16-7-4-6-9(16)2/h8-9H,3-7H2,1-2H3,(H2,13,14,15). The van der Waals surface area contributed by atoms with Crippen molar-refractivity contribution in [2.24, 2.45) is 0 Å². The molecule has 0 aliphatic carbocycles. The lowest BCUT2D eigenvalue weighted by atomic mass is 10.1. The third-order valence-electron chi connectivity index (χ3n) is 3.28. The Balaban J connectivity index is 2.35. The molecule has 1 fully saturated rings. The van der Waals surface area contributed by atoms with Gasteiger partial charge in [-0.3, -0.25) is 0 Å². The highest BCUT2D eigenvalue weighted by Gasteiger charge is 2.24. The van der Waals surface area contributed by atoms with Crippen LogP contribution >= 0.6 is 0 Å². The third kappa shape index (κ3) is 1.96. The van der Waals surface area contributed by atoms with Crippen molar-refractivity contribution in [2.45, 2.75) is 45.6 Å². The van der Waals surface area contributed by atoms with Gasteiger partial charge in [0.15, 0.2) is 0 Å². The first-order chi connectivity index (χ1) is 7.74. The van der Waals surface area contributed by atoms with E-state index in [9.17, 15) is 0 Å². The van der Waals surface area contributed by atoms with E-state index in [1.54, 1.807) is 6.33 Å². The van der Waals surface area contributed by atoms with Gasteiger partial charge in [0, 0.05) is 18.2 Å². The van der Waals surface area contributed by atoms with E-state index in [4.69, 9.17) is 5.73 Å². The summed E-state index contributed by atoms with van der Waals surface area (Å²) < 4.78 is 0. The minimum absolute atomic E-state index is 0.574. The molecule has 0 radical (unpaired) electrons. The van der Waals surface area contributed by atoms with Gasteiger partial charge in [0.2, 0.25) is 0 Å². The first-order valence-electron chi connectivity index (χ1n) is 6.10. The summed E-state index contributed by atoms with van der Waals surface area (Å²) in [5.41, 5.74) is 7.07. The molecule has 1 aliphatic heterocycles. The first-order valence-corrected chi connectivity index (χ1v) is 6.10. The number of nitrogens with zero attached hydrogens (tertiary/aromatic N) is 3. The van der Waals surface area contributed by atoms with Gasteiger partial charge in [-0.2, -0.15) is 0 Å². The normalized spacial score (nSPS) is 20.4. The topological polar surface area (TPSA) is 55.0 Å². The highest BCUT2D eigenvalue weighted by molar-refractivity contribution is 5.57. The lowest BCUT2D eigenvalue weighted by molar-refractivity contribution is 0.719. The average Bonchev–Trinajstić information content (AvgIpc) is 2.68. The van der Waals surface area contributed by atoms with Crippen molar-refractivity contribution in [3.63, 3.8) is 0 Å². The lowest BCUT2D eigenvalue weighted by Gasteiger charge is -2.25. The Morgan fingerprint density at radius 2 is 2.31 bits per heavy atom. The average molecular weight is 220 g/mol. The summed E-state index contributed by atoms with van der Waals surface area (Å²) in [6, 6.07) is 0.574. The van der Waals surface area contributed by atoms with E-state index in [-0.39, 0.29) is 0 Å². The number of rotatable bonds is 3. The Bertz CT molecular complexity index is 364. The summed E-state index contributed by atoms with van der Waals surface area (Å²) in [6.07, 6.45) is 6.11. The molecule has 2 rings (SSSR count). The SMILES string of the molecule is CCCc1c(N)ncnc1N1CCCC1C. The van der Waals surface area contributed by atoms with Crippen molar-refractivity contribution >= 4 is 11.6 Å². The van der Waals surface area contributed by atoms with Crippen molar-refractivity contribution in [1.82, 2.24) is 9.97 Å². The molecule has 1 aliphatic rings. The molecule has 0 amide bonds. The summed E-state index contributed by atoms with van der Waals surface area (Å²) in [5, 5.41) is 0. The molecule has 1 aromatic heterocycles. The Morgan fingerprint density at radius 3 is 2.94 bits per heavy atom. The second kappa shape index (κ2) is 4.68. The van der Waals surface area contributed by atoms with Gasteiger partial charge in [0.05, 0.1) is 0 Å². The number of nitrogens with two attached hydrogens (primary N) is 1. The Kier molecular flexibility index (Phi) is 3.27. The van der Waals surface area contributed by atoms with Crippen LogP contribution in [0.15, 0.2) is 6.33 Å². The largest absolute Gasteiger partial charge is 0.383 e. The predicted molar refractivity (Wildman–Crippen MR) is 66.5 cm³/mol. The van der Waals surface area contributed by atoms with Crippen LogP contribution < -0.4 is 10.6 Å². The highest BCUT2D eigenvalue weighted by Crippen LogP contribution is 2.29. The Labute approximate surface area is 96.9 Å². The number of anilines is 2. The summed E-state index contributed by atoms with van der Waals surface area (Å²) in [7, 11) is 0. The van der Waals surface area contributed by atoms with Gasteiger partial charge in [-0.25, -0.2) is 9.97 Å². The lowest BCUT2D eigenvalue weighted by Crippen LogP contribution is -2.28. The maximum absolute atomic E-state index is 5.94. The molecule has 1 aromatic rings. The summed E-state index contributed by atoms with van der Waals surface area (Å²) in [4.78, 5) is 10.9. The van der Waals surface area contributed by atoms with Crippen LogP contribution in [0.25, 0.3) is 0 Å². The zero-order valence-corrected chi connectivity index (χ0v) is 10.1. The number of aromatic nitrogens is 2. The number of nitrogen functional groups attached to an aromatic ring is 1. The smallest absolute Gasteiger partial charge is 0.137 e. The van der Waals surface area contributed by atoms with Gasteiger partial charge in [0.25, 0.3) is 0 Å². The van der Waals surface area contributed by atoms with E-state index in [2.05, 4.69) is 28.7 Å². The van der Waals surface area contributed by atoms with E-state index < -0.39 is 0 Å². The van der Waals surface area contributed by atoms with Gasteiger partial charge in [-0.05, 0) is 26.2 Å². The molecule has 4 heteroatoms. The van der Waals surface area contributed by atoms with E-state index in [0.29, 0.717) is 11.9 Å². The van der Waals surface area contributed by atoms with Crippen LogP contribution in [0, 0.1) is 0 Å². The van der Waals surface area contributed by atoms with Crippen LogP contribution in [0.5, 0.6) is 0 Å². The van der Waals surface area contributed by atoms with Gasteiger partial charge in [-0.1, -0.05) is 13.3 Å². The van der Waals surface area contributed by atoms with Crippen molar-refractivity contribution in [3.05, 3.63) is 11.9 Å². The van der Waals surface area contributed by atoms with Crippen molar-refractivity contribution < 1.29 is 0 Å². The maximum atomic E-state index is 5.94. The predicted octanol–water partition coefficient (Wildman–Crippen LogP) is 2.00. The zero-order chi connectivity index (χ0) is 11.5. The van der Waals surface area contributed by atoms with Crippen LogP contribution in [-0.4, -0.2) is 22.6 Å². The minimum Gasteiger partial charge on any atom is -0.383 e. The fraction of sp³-hybridized carbons (Fsp3) is 0.667. The van der Waals surface area contributed by atoms with Crippen LogP contribution in [0.1, 0.15) is 38.7 Å². The molecule has 0 spiro atoms. The first kappa shape index (κ1) is 11.2. The monoisotopic (exact) mass is 220 g/mol. The molecule has 4 nitrogen and oxygen atoms in total. The Morgan fingerprint density at radius 1 is 1.50 bits per heavy atom. The third-order valence-corrected chi connectivity index (χ3v) is 3.28. The summed E-state index contributed by atoms with van der Waals surface area (Å²) in [6.45, 7) is 5.50. The minimum atomic E-state index is 0.574. The molecule has 1 unspecified atom stereocenters. The molecule has 0 bridgehead atoms. The summed E-state index contributed by atoms with van der Waals surface area (Å²) >= 11 is 0. The number of hydrogen-bond donors (Lipinski definition) is 1. The molecule has 1 saturated heterocycles. The molecule has 0 aromatic carbocycles. The molecule has 88 valence electrons. The van der Waals surface area contributed by atoms with Crippen LogP contribution in [0.2, 0.25) is 0 Å². The molecular formula is C12H20N4. The molecule has 0 saturated carbocycles. The fourth-order valence-corrected chi connectivity index (χ4v) is 2.40. The van der Waals surface area contributed by atoms with E-state index in [0.717, 1.165) is 30.8 Å². The molecule has 1 atom stereocenters. The van der Waals surface area contributed by atoms with E-state index in [1.807, 2.05) is 0 Å². The van der Waals surface area contributed by atoms with Crippen LogP contribution in [-0.2, 0) is 6.42 Å². The van der Waals surface area contributed by atoms with Crippen LogP contribution in [0.4, 0.5) is 11.6 Å². The summed E-state index contributed by atoms with van der Waals surface area (Å²) in [5.74, 6) is 1.70.